The van der Waals surface area contributed by atoms with E-state index in [0.717, 1.165) is 49.7 Å². The third-order valence-corrected chi connectivity index (χ3v) is 6.36. The fourth-order valence-electron chi connectivity index (χ4n) is 4.15. The van der Waals surface area contributed by atoms with Gasteiger partial charge in [0.15, 0.2) is 12.5 Å². The van der Waals surface area contributed by atoms with Crippen LogP contribution in [0.2, 0.25) is 0 Å². The van der Waals surface area contributed by atoms with Gasteiger partial charge in [-0.15, -0.1) is 5.10 Å². The highest BCUT2D eigenvalue weighted by Gasteiger charge is 2.24. The number of aromatic nitrogens is 3. The van der Waals surface area contributed by atoms with Gasteiger partial charge in [0.2, 0.25) is 4.77 Å². The average molecular weight is 410 g/mol. The molecule has 2 aromatic carbocycles. The van der Waals surface area contributed by atoms with Crippen molar-refractivity contribution in [1.82, 2.24) is 14.3 Å². The van der Waals surface area contributed by atoms with Crippen LogP contribution in [0, 0.1) is 24.5 Å². The first-order valence-corrected chi connectivity index (χ1v) is 10.7. The Morgan fingerprint density at radius 3 is 2.66 bits per heavy atom. The van der Waals surface area contributed by atoms with Crippen molar-refractivity contribution in [2.75, 3.05) is 19.7 Å². The first-order chi connectivity index (χ1) is 14.1. The molecule has 0 radical (unpaired) electrons. The first kappa shape index (κ1) is 20.0. The number of piperidine rings is 1. The number of aliphatic hydroxyl groups is 1. The van der Waals surface area contributed by atoms with E-state index >= 15 is 0 Å². The minimum atomic E-state index is 0.265. The second kappa shape index (κ2) is 8.61. The fraction of sp³-hybridized carbons (Fsp3) is 0.391. The molecule has 6 heteroatoms. The average Bonchev–Trinajstić information content (AvgIpc) is 3.07. The molecule has 3 aromatic rings. The molecule has 1 saturated heterocycles. The summed E-state index contributed by atoms with van der Waals surface area (Å²) in [5, 5.41) is 14.5. The maximum absolute atomic E-state index is 9.56. The largest absolute Gasteiger partial charge is 0.396 e. The number of likely N-dealkylation sites (tertiary alicyclic amines) is 1. The highest BCUT2D eigenvalue weighted by atomic mass is 32.1. The Morgan fingerprint density at radius 2 is 1.93 bits per heavy atom. The van der Waals surface area contributed by atoms with Gasteiger partial charge in [-0.2, -0.15) is 4.68 Å². The smallest absolute Gasteiger partial charge is 0.207 e. The Balaban J connectivity index is 1.77. The van der Waals surface area contributed by atoms with E-state index in [1.807, 2.05) is 22.9 Å². The molecule has 1 fully saturated rings. The van der Waals surface area contributed by atoms with E-state index in [0.29, 0.717) is 10.7 Å². The van der Waals surface area contributed by atoms with Crippen LogP contribution < -0.4 is 4.90 Å². The van der Waals surface area contributed by atoms with E-state index in [1.54, 1.807) is 0 Å². The maximum Gasteiger partial charge on any atom is 0.207 e. The molecule has 0 aliphatic carbocycles. The number of quaternary nitrogens is 1. The molecule has 2 N–H and O–H groups in total. The summed E-state index contributed by atoms with van der Waals surface area (Å²) in [5.41, 5.74) is 4.60. The fourth-order valence-corrected chi connectivity index (χ4v) is 4.44. The van der Waals surface area contributed by atoms with Crippen LogP contribution in [-0.2, 0) is 6.67 Å². The Labute approximate surface area is 177 Å². The minimum Gasteiger partial charge on any atom is -0.396 e. The van der Waals surface area contributed by atoms with E-state index in [4.69, 9.17) is 17.3 Å². The van der Waals surface area contributed by atoms with Gasteiger partial charge in [0.1, 0.15) is 0 Å². The number of nitrogens with one attached hydrogen (secondary N) is 1. The van der Waals surface area contributed by atoms with Crippen LogP contribution in [0.1, 0.15) is 24.0 Å². The van der Waals surface area contributed by atoms with Crippen molar-refractivity contribution < 1.29 is 10.0 Å². The molecule has 29 heavy (non-hydrogen) atoms. The molecule has 2 heterocycles. The van der Waals surface area contributed by atoms with E-state index in [2.05, 4.69) is 48.7 Å². The lowest BCUT2D eigenvalue weighted by atomic mass is 10.00. The summed E-state index contributed by atoms with van der Waals surface area (Å²) >= 11 is 5.90. The number of hydrogen-bond donors (Lipinski definition) is 2. The van der Waals surface area contributed by atoms with E-state index in [9.17, 15) is 5.11 Å². The van der Waals surface area contributed by atoms with Gasteiger partial charge in [0.25, 0.3) is 0 Å². The standard InChI is InChI=1S/C23H28N4OS/c1-17-10-11-21(13-18(17)2)27-22(20-8-4-3-5-9-20)24-26(23(27)29)16-25-12-6-7-19(14-25)15-28/h3-5,8-11,13,19,28H,6-7,12,14-16H2,1-2H3/p+1/t19-/m1/s1. The van der Waals surface area contributed by atoms with Gasteiger partial charge in [0, 0.05) is 11.5 Å². The van der Waals surface area contributed by atoms with Gasteiger partial charge >= 0.3 is 0 Å². The van der Waals surface area contributed by atoms with Crippen molar-refractivity contribution in [1.29, 1.82) is 0 Å². The number of nitrogens with zero attached hydrogens (tertiary/aromatic N) is 3. The van der Waals surface area contributed by atoms with Gasteiger partial charge in [-0.3, -0.25) is 4.57 Å². The Hall–Kier alpha value is -2.28. The zero-order valence-electron chi connectivity index (χ0n) is 17.1. The van der Waals surface area contributed by atoms with Crippen molar-refractivity contribution in [2.24, 2.45) is 5.92 Å². The van der Waals surface area contributed by atoms with Crippen molar-refractivity contribution in [2.45, 2.75) is 33.4 Å². The van der Waals surface area contributed by atoms with Crippen LogP contribution in [0.15, 0.2) is 48.5 Å². The van der Waals surface area contributed by atoms with Crippen molar-refractivity contribution >= 4 is 12.2 Å². The normalized spacial score (nSPS) is 19.4. The minimum absolute atomic E-state index is 0.265. The van der Waals surface area contributed by atoms with E-state index in [-0.39, 0.29) is 6.61 Å². The molecule has 0 amide bonds. The van der Waals surface area contributed by atoms with Crippen molar-refractivity contribution in [3.63, 3.8) is 0 Å². The van der Waals surface area contributed by atoms with Gasteiger partial charge < -0.3 is 10.0 Å². The van der Waals surface area contributed by atoms with Crippen LogP contribution >= 0.6 is 12.2 Å². The summed E-state index contributed by atoms with van der Waals surface area (Å²) in [6.07, 6.45) is 2.25. The van der Waals surface area contributed by atoms with Crippen LogP contribution in [0.3, 0.4) is 0 Å². The molecule has 5 nitrogen and oxygen atoms in total. The molecule has 0 spiro atoms. The SMILES string of the molecule is Cc1ccc(-n2c(-c3ccccc3)nn(C[NH+]3CCC[C@@H](CO)C3)c2=S)cc1C. The molecule has 0 bridgehead atoms. The number of rotatable bonds is 5. The quantitative estimate of drug-likeness (QED) is 0.637. The predicted octanol–water partition coefficient (Wildman–Crippen LogP) is 2.93. The van der Waals surface area contributed by atoms with E-state index in [1.165, 1.54) is 16.0 Å². The summed E-state index contributed by atoms with van der Waals surface area (Å²) < 4.78 is 4.76. The van der Waals surface area contributed by atoms with Gasteiger partial charge in [-0.1, -0.05) is 36.4 Å². The highest BCUT2D eigenvalue weighted by molar-refractivity contribution is 7.71. The summed E-state index contributed by atoms with van der Waals surface area (Å²) in [4.78, 5) is 1.43. The number of hydrogen-bond acceptors (Lipinski definition) is 3. The maximum atomic E-state index is 9.56. The number of aliphatic hydroxyl groups excluding tert-OH is 1. The lowest BCUT2D eigenvalue weighted by Crippen LogP contribution is -3.13. The topological polar surface area (TPSA) is 47.4 Å². The molecular weight excluding hydrogens is 380 g/mol. The zero-order valence-corrected chi connectivity index (χ0v) is 18.0. The first-order valence-electron chi connectivity index (χ1n) is 10.3. The van der Waals surface area contributed by atoms with Crippen LogP contribution in [-0.4, -0.2) is 39.2 Å². The molecule has 2 atom stereocenters. The number of aryl methyl sites for hydroxylation is 2. The van der Waals surface area contributed by atoms with E-state index < -0.39 is 0 Å². The molecule has 1 aliphatic heterocycles. The van der Waals surface area contributed by atoms with Gasteiger partial charge in [0.05, 0.1) is 25.4 Å². The summed E-state index contributed by atoms with van der Waals surface area (Å²) in [5.74, 6) is 1.25. The molecular formula is C23H29N4OS+. The molecule has 152 valence electrons. The summed E-state index contributed by atoms with van der Waals surface area (Å²) in [7, 11) is 0. The molecule has 1 aromatic heterocycles. The third-order valence-electron chi connectivity index (χ3n) is 5.97. The third kappa shape index (κ3) is 4.20. The molecule has 1 aliphatic rings. The van der Waals surface area contributed by atoms with Gasteiger partial charge in [-0.05, 0) is 62.2 Å². The summed E-state index contributed by atoms with van der Waals surface area (Å²) in [6, 6.07) is 16.7. The Bertz CT molecular complexity index is 1040. The zero-order chi connectivity index (χ0) is 20.4. The van der Waals surface area contributed by atoms with Gasteiger partial charge in [-0.25, -0.2) is 0 Å². The lowest BCUT2D eigenvalue weighted by molar-refractivity contribution is -0.931. The molecule has 4 rings (SSSR count). The van der Waals surface area contributed by atoms with Crippen LogP contribution in [0.25, 0.3) is 17.1 Å². The highest BCUT2D eigenvalue weighted by Crippen LogP contribution is 2.24. The van der Waals surface area contributed by atoms with Crippen molar-refractivity contribution in [3.05, 3.63) is 64.4 Å². The van der Waals surface area contributed by atoms with Crippen LogP contribution in [0.5, 0.6) is 0 Å². The molecule has 0 saturated carbocycles. The van der Waals surface area contributed by atoms with Crippen LogP contribution in [0.4, 0.5) is 0 Å². The monoisotopic (exact) mass is 409 g/mol. The predicted molar refractivity (Wildman–Crippen MR) is 118 cm³/mol. The summed E-state index contributed by atoms with van der Waals surface area (Å²) in [6.45, 7) is 7.30. The Morgan fingerprint density at radius 1 is 1.14 bits per heavy atom. The second-order valence-electron chi connectivity index (χ2n) is 8.13. The molecule has 1 unspecified atom stereocenters. The number of benzene rings is 2. The lowest BCUT2D eigenvalue weighted by Gasteiger charge is -2.28. The Kier molecular flexibility index (Phi) is 5.94. The second-order valence-corrected chi connectivity index (χ2v) is 8.49. The van der Waals surface area contributed by atoms with Crippen molar-refractivity contribution in [3.8, 4) is 17.1 Å².